The number of hydrogen-bond donors (Lipinski definition) is 0. The zero-order valence-electron chi connectivity index (χ0n) is 16.4. The van der Waals surface area contributed by atoms with Gasteiger partial charge in [0.05, 0.1) is 6.54 Å². The molecule has 148 valence electrons. The summed E-state index contributed by atoms with van der Waals surface area (Å²) in [5, 5.41) is 1.50. The number of carbonyl (C=O) groups excluding carboxylic acids is 1. The second-order valence-electron chi connectivity index (χ2n) is 7.74. The molecule has 4 nitrogen and oxygen atoms in total. The van der Waals surface area contributed by atoms with Gasteiger partial charge in [0.1, 0.15) is 0 Å². The van der Waals surface area contributed by atoms with Crippen molar-refractivity contribution < 1.29 is 14.4 Å². The molecule has 0 aliphatic carbocycles. The van der Waals surface area contributed by atoms with Gasteiger partial charge >= 0.3 is 0 Å². The van der Waals surface area contributed by atoms with E-state index in [1.54, 1.807) is 0 Å². The lowest BCUT2D eigenvalue weighted by Gasteiger charge is -2.32. The molecule has 4 heteroatoms. The van der Waals surface area contributed by atoms with E-state index in [4.69, 9.17) is 9.57 Å². The van der Waals surface area contributed by atoms with Crippen LogP contribution in [-0.2, 0) is 28.8 Å². The van der Waals surface area contributed by atoms with Crippen molar-refractivity contribution in [2.45, 2.75) is 57.7 Å². The molecule has 28 heavy (non-hydrogen) atoms. The van der Waals surface area contributed by atoms with Gasteiger partial charge in [0.25, 0.3) is 5.91 Å². The SMILES string of the molecule is O=C1c2ccc(CCCCc3ccccc3)cc2CCN1OC1CCCCO1. The smallest absolute Gasteiger partial charge is 0.277 e. The number of hydrogen-bond acceptors (Lipinski definition) is 3. The van der Waals surface area contributed by atoms with Crippen LogP contribution in [0.2, 0.25) is 0 Å². The Hall–Kier alpha value is -2.17. The van der Waals surface area contributed by atoms with Crippen molar-refractivity contribution in [1.29, 1.82) is 0 Å². The van der Waals surface area contributed by atoms with Crippen molar-refractivity contribution in [3.63, 3.8) is 0 Å². The standard InChI is InChI=1S/C24H29NO3/c26-24-22-14-13-20(11-5-4-10-19-8-2-1-3-9-19)18-21(22)15-16-25(24)28-23-12-6-7-17-27-23/h1-3,8-9,13-14,18,23H,4-7,10-12,15-17H2. The van der Waals surface area contributed by atoms with E-state index in [9.17, 15) is 4.79 Å². The van der Waals surface area contributed by atoms with Gasteiger partial charge in [-0.25, -0.2) is 9.90 Å². The van der Waals surface area contributed by atoms with Gasteiger partial charge in [-0.3, -0.25) is 4.79 Å². The maximum Gasteiger partial charge on any atom is 0.277 e. The molecule has 1 unspecified atom stereocenters. The summed E-state index contributed by atoms with van der Waals surface area (Å²) < 4.78 is 5.61. The van der Waals surface area contributed by atoms with Crippen LogP contribution in [-0.4, -0.2) is 30.4 Å². The van der Waals surface area contributed by atoms with Crippen LogP contribution in [0, 0.1) is 0 Å². The van der Waals surface area contributed by atoms with Gasteiger partial charge in [0.15, 0.2) is 6.29 Å². The Balaban J connectivity index is 1.29. The first kappa shape index (κ1) is 19.2. The number of carbonyl (C=O) groups is 1. The molecule has 2 aromatic rings. The second kappa shape index (κ2) is 9.35. The lowest BCUT2D eigenvalue weighted by atomic mass is 9.95. The molecule has 0 spiro atoms. The number of benzene rings is 2. The van der Waals surface area contributed by atoms with Gasteiger partial charge in [0, 0.05) is 18.6 Å². The highest BCUT2D eigenvalue weighted by Gasteiger charge is 2.28. The Morgan fingerprint density at radius 1 is 1.00 bits per heavy atom. The monoisotopic (exact) mass is 379 g/mol. The third-order valence-electron chi connectivity index (χ3n) is 5.62. The number of amides is 1. The number of unbranched alkanes of at least 4 members (excludes halogenated alkanes) is 1. The molecule has 1 saturated heterocycles. The van der Waals surface area contributed by atoms with Crippen molar-refractivity contribution in [2.75, 3.05) is 13.2 Å². The van der Waals surface area contributed by atoms with Crippen LogP contribution in [0.3, 0.4) is 0 Å². The van der Waals surface area contributed by atoms with E-state index < -0.39 is 0 Å². The summed E-state index contributed by atoms with van der Waals surface area (Å²) >= 11 is 0. The fourth-order valence-electron chi connectivity index (χ4n) is 4.02. The molecule has 1 amide bonds. The van der Waals surface area contributed by atoms with Crippen LogP contribution in [0.1, 0.15) is 59.2 Å². The number of nitrogens with zero attached hydrogens (tertiary/aromatic N) is 1. The summed E-state index contributed by atoms with van der Waals surface area (Å²) in [5.41, 5.74) is 4.65. The van der Waals surface area contributed by atoms with Crippen molar-refractivity contribution in [1.82, 2.24) is 5.06 Å². The quantitative estimate of drug-likeness (QED) is 0.654. The number of rotatable bonds is 7. The molecule has 0 bridgehead atoms. The number of fused-ring (bicyclic) bond motifs is 1. The van der Waals surface area contributed by atoms with Crippen molar-refractivity contribution in [3.05, 3.63) is 70.8 Å². The molecular formula is C24H29NO3. The fourth-order valence-corrected chi connectivity index (χ4v) is 4.02. The Morgan fingerprint density at radius 3 is 2.61 bits per heavy atom. The normalized spacial score (nSPS) is 19.5. The summed E-state index contributed by atoms with van der Waals surface area (Å²) in [4.78, 5) is 18.6. The number of hydroxylamine groups is 2. The van der Waals surface area contributed by atoms with E-state index >= 15 is 0 Å². The topological polar surface area (TPSA) is 38.8 Å². The average molecular weight is 380 g/mol. The molecule has 0 radical (unpaired) electrons. The van der Waals surface area contributed by atoms with E-state index in [0.29, 0.717) is 6.54 Å². The molecule has 4 rings (SSSR count). The minimum Gasteiger partial charge on any atom is -0.350 e. The van der Waals surface area contributed by atoms with Gasteiger partial charge in [-0.05, 0) is 67.7 Å². The van der Waals surface area contributed by atoms with Gasteiger partial charge in [-0.1, -0.05) is 42.5 Å². The number of ether oxygens (including phenoxy) is 1. The summed E-state index contributed by atoms with van der Waals surface area (Å²) in [6, 6.07) is 16.9. The number of aryl methyl sites for hydroxylation is 2. The van der Waals surface area contributed by atoms with Crippen LogP contribution >= 0.6 is 0 Å². The van der Waals surface area contributed by atoms with E-state index in [-0.39, 0.29) is 12.2 Å². The third-order valence-corrected chi connectivity index (χ3v) is 5.62. The van der Waals surface area contributed by atoms with Crippen LogP contribution < -0.4 is 0 Å². The zero-order chi connectivity index (χ0) is 19.2. The molecule has 2 aliphatic heterocycles. The fraction of sp³-hybridized carbons (Fsp3) is 0.458. The molecule has 2 aromatic carbocycles. The molecular weight excluding hydrogens is 350 g/mol. The second-order valence-corrected chi connectivity index (χ2v) is 7.74. The largest absolute Gasteiger partial charge is 0.350 e. The molecule has 0 N–H and O–H groups in total. The van der Waals surface area contributed by atoms with E-state index in [2.05, 4.69) is 42.5 Å². The van der Waals surface area contributed by atoms with E-state index in [0.717, 1.165) is 62.7 Å². The Labute approximate surface area is 167 Å². The predicted molar refractivity (Wildman–Crippen MR) is 109 cm³/mol. The summed E-state index contributed by atoms with van der Waals surface area (Å²) in [6.07, 6.45) is 8.12. The first-order chi connectivity index (χ1) is 13.8. The maximum absolute atomic E-state index is 12.8. The minimum absolute atomic E-state index is 0.0361. The predicted octanol–water partition coefficient (Wildman–Crippen LogP) is 4.71. The first-order valence-electron chi connectivity index (χ1n) is 10.6. The van der Waals surface area contributed by atoms with E-state index in [1.807, 2.05) is 6.07 Å². The molecule has 0 saturated carbocycles. The summed E-state index contributed by atoms with van der Waals surface area (Å²) in [7, 11) is 0. The third kappa shape index (κ3) is 4.81. The highest BCUT2D eigenvalue weighted by Crippen LogP contribution is 2.24. The van der Waals surface area contributed by atoms with Gasteiger partial charge in [-0.15, -0.1) is 0 Å². The summed E-state index contributed by atoms with van der Waals surface area (Å²) in [6.45, 7) is 1.32. The maximum atomic E-state index is 12.8. The van der Waals surface area contributed by atoms with Crippen LogP contribution in [0.5, 0.6) is 0 Å². The van der Waals surface area contributed by atoms with Gasteiger partial charge in [0.2, 0.25) is 0 Å². The molecule has 0 aromatic heterocycles. The van der Waals surface area contributed by atoms with Gasteiger partial charge in [-0.2, -0.15) is 0 Å². The molecule has 2 aliphatic rings. The molecule has 2 heterocycles. The summed E-state index contributed by atoms with van der Waals surface area (Å²) in [5.74, 6) is -0.0361. The van der Waals surface area contributed by atoms with Gasteiger partial charge < -0.3 is 4.74 Å². The zero-order valence-corrected chi connectivity index (χ0v) is 16.4. The van der Waals surface area contributed by atoms with Crippen molar-refractivity contribution in [3.8, 4) is 0 Å². The van der Waals surface area contributed by atoms with Crippen LogP contribution in [0.4, 0.5) is 0 Å². The van der Waals surface area contributed by atoms with Crippen LogP contribution in [0.25, 0.3) is 0 Å². The first-order valence-corrected chi connectivity index (χ1v) is 10.6. The molecule has 1 atom stereocenters. The highest BCUT2D eigenvalue weighted by atomic mass is 16.8. The Kier molecular flexibility index (Phi) is 6.40. The van der Waals surface area contributed by atoms with Crippen molar-refractivity contribution >= 4 is 5.91 Å². The average Bonchev–Trinajstić information content (AvgIpc) is 2.75. The Bertz CT molecular complexity index is 784. The van der Waals surface area contributed by atoms with Crippen LogP contribution in [0.15, 0.2) is 48.5 Å². The lowest BCUT2D eigenvalue weighted by Crippen LogP contribution is -2.41. The molecule has 1 fully saturated rings. The minimum atomic E-state index is -0.275. The van der Waals surface area contributed by atoms with E-state index in [1.165, 1.54) is 22.6 Å². The Morgan fingerprint density at radius 2 is 1.82 bits per heavy atom. The van der Waals surface area contributed by atoms with Crippen molar-refractivity contribution in [2.24, 2.45) is 0 Å². The highest BCUT2D eigenvalue weighted by molar-refractivity contribution is 5.96. The lowest BCUT2D eigenvalue weighted by molar-refractivity contribution is -0.267.